The molecular weight excluding hydrogens is 266 g/mol. The lowest BCUT2D eigenvalue weighted by Crippen LogP contribution is -2.35. The highest BCUT2D eigenvalue weighted by Gasteiger charge is 2.32. The van der Waals surface area contributed by atoms with Crippen molar-refractivity contribution in [2.45, 2.75) is 58.1 Å². The lowest BCUT2D eigenvalue weighted by atomic mass is 10.1. The summed E-state index contributed by atoms with van der Waals surface area (Å²) in [6.45, 7) is 8.31. The minimum absolute atomic E-state index is 0.196. The standard InChI is InChI=1S/C16H25N3O2/c1-16(2,3)21-15(20)18-7-6-13(10-18)14-8-17-11-19(14)9-12-4-5-12/h8,11-13H,4-7,9-10H2,1-3H3. The van der Waals surface area contributed by atoms with Crippen LogP contribution < -0.4 is 0 Å². The van der Waals surface area contributed by atoms with Crippen molar-refractivity contribution in [3.05, 3.63) is 18.2 Å². The number of likely N-dealkylation sites (tertiary alicyclic amines) is 1. The van der Waals surface area contributed by atoms with Gasteiger partial charge in [-0.15, -0.1) is 0 Å². The molecule has 0 radical (unpaired) electrons. The summed E-state index contributed by atoms with van der Waals surface area (Å²) in [5.74, 6) is 1.22. The third-order valence-electron chi connectivity index (χ3n) is 4.15. The van der Waals surface area contributed by atoms with Crippen molar-refractivity contribution in [2.75, 3.05) is 13.1 Å². The summed E-state index contributed by atoms with van der Waals surface area (Å²) in [4.78, 5) is 18.3. The lowest BCUT2D eigenvalue weighted by Gasteiger charge is -2.24. The second-order valence-corrected chi connectivity index (χ2v) is 7.33. The van der Waals surface area contributed by atoms with Crippen molar-refractivity contribution in [3.8, 4) is 0 Å². The first-order valence-electron chi connectivity index (χ1n) is 7.90. The molecule has 0 aromatic carbocycles. The van der Waals surface area contributed by atoms with E-state index < -0.39 is 5.60 Å². The lowest BCUT2D eigenvalue weighted by molar-refractivity contribution is 0.0292. The van der Waals surface area contributed by atoms with Crippen LogP contribution in [0.15, 0.2) is 12.5 Å². The molecule has 1 aliphatic heterocycles. The summed E-state index contributed by atoms with van der Waals surface area (Å²) in [6.07, 6.45) is 7.38. The van der Waals surface area contributed by atoms with Gasteiger partial charge in [-0.2, -0.15) is 0 Å². The molecule has 1 saturated carbocycles. The molecule has 116 valence electrons. The summed E-state index contributed by atoms with van der Waals surface area (Å²) in [7, 11) is 0. The second kappa shape index (κ2) is 5.35. The highest BCUT2D eigenvalue weighted by atomic mass is 16.6. The molecule has 3 rings (SSSR count). The number of amides is 1. The van der Waals surface area contributed by atoms with Gasteiger partial charge >= 0.3 is 6.09 Å². The van der Waals surface area contributed by atoms with Crippen LogP contribution in [0, 0.1) is 5.92 Å². The third kappa shape index (κ3) is 3.57. The Morgan fingerprint density at radius 2 is 2.14 bits per heavy atom. The number of imidazole rings is 1. The Bertz CT molecular complexity index is 514. The minimum Gasteiger partial charge on any atom is -0.444 e. The van der Waals surface area contributed by atoms with Gasteiger partial charge in [0.2, 0.25) is 0 Å². The van der Waals surface area contributed by atoms with Gasteiger partial charge in [-0.3, -0.25) is 0 Å². The molecule has 0 spiro atoms. The predicted molar refractivity (Wildman–Crippen MR) is 80.1 cm³/mol. The first-order chi connectivity index (χ1) is 9.92. The van der Waals surface area contributed by atoms with Gasteiger partial charge < -0.3 is 14.2 Å². The Hall–Kier alpha value is -1.52. The van der Waals surface area contributed by atoms with Crippen LogP contribution in [0.4, 0.5) is 4.79 Å². The van der Waals surface area contributed by atoms with Crippen LogP contribution in [0.3, 0.4) is 0 Å². The van der Waals surface area contributed by atoms with Gasteiger partial charge in [0, 0.05) is 37.4 Å². The Morgan fingerprint density at radius 1 is 1.38 bits per heavy atom. The van der Waals surface area contributed by atoms with Gasteiger partial charge in [-0.05, 0) is 46.0 Å². The third-order valence-corrected chi connectivity index (χ3v) is 4.15. The largest absolute Gasteiger partial charge is 0.444 e. The van der Waals surface area contributed by atoms with Crippen LogP contribution in [-0.2, 0) is 11.3 Å². The van der Waals surface area contributed by atoms with E-state index in [1.807, 2.05) is 38.2 Å². The zero-order valence-corrected chi connectivity index (χ0v) is 13.2. The number of hydrogen-bond acceptors (Lipinski definition) is 3. The topological polar surface area (TPSA) is 47.4 Å². The Kier molecular flexibility index (Phi) is 3.68. The molecule has 2 fully saturated rings. The Balaban J connectivity index is 1.61. The minimum atomic E-state index is -0.428. The SMILES string of the molecule is CC(C)(C)OC(=O)N1CCC(c2cncn2CC2CC2)C1. The van der Waals surface area contributed by atoms with E-state index >= 15 is 0 Å². The van der Waals surface area contributed by atoms with Gasteiger partial charge in [0.15, 0.2) is 0 Å². The average molecular weight is 291 g/mol. The van der Waals surface area contributed by atoms with Crippen LogP contribution >= 0.6 is 0 Å². The molecule has 2 heterocycles. The molecule has 5 heteroatoms. The van der Waals surface area contributed by atoms with E-state index in [0.29, 0.717) is 5.92 Å². The highest BCUT2D eigenvalue weighted by molar-refractivity contribution is 5.68. The monoisotopic (exact) mass is 291 g/mol. The maximum atomic E-state index is 12.1. The van der Waals surface area contributed by atoms with Crippen molar-refractivity contribution in [2.24, 2.45) is 5.92 Å². The van der Waals surface area contributed by atoms with E-state index in [-0.39, 0.29) is 6.09 Å². The quantitative estimate of drug-likeness (QED) is 0.860. The molecule has 1 aromatic rings. The smallest absolute Gasteiger partial charge is 0.410 e. The first-order valence-corrected chi connectivity index (χ1v) is 7.90. The van der Waals surface area contributed by atoms with E-state index in [9.17, 15) is 4.79 Å². The average Bonchev–Trinajstić information content (AvgIpc) is 2.88. The molecule has 1 atom stereocenters. The number of carbonyl (C=O) groups excluding carboxylic acids is 1. The molecule has 1 aromatic heterocycles. The van der Waals surface area contributed by atoms with E-state index in [1.165, 1.54) is 18.5 Å². The fourth-order valence-electron chi connectivity index (χ4n) is 2.90. The summed E-state index contributed by atoms with van der Waals surface area (Å²) >= 11 is 0. The van der Waals surface area contributed by atoms with E-state index in [2.05, 4.69) is 9.55 Å². The van der Waals surface area contributed by atoms with Gasteiger partial charge in [0.1, 0.15) is 5.60 Å². The van der Waals surface area contributed by atoms with Crippen LogP contribution in [0.1, 0.15) is 51.6 Å². The molecular formula is C16H25N3O2. The van der Waals surface area contributed by atoms with Crippen LogP contribution in [0.5, 0.6) is 0 Å². The molecule has 0 bridgehead atoms. The van der Waals surface area contributed by atoms with Crippen LogP contribution in [-0.4, -0.2) is 39.2 Å². The number of ether oxygens (including phenoxy) is 1. The first kappa shape index (κ1) is 14.4. The maximum absolute atomic E-state index is 12.1. The molecule has 5 nitrogen and oxygen atoms in total. The van der Waals surface area contributed by atoms with Gasteiger partial charge in [-0.1, -0.05) is 0 Å². The van der Waals surface area contributed by atoms with Gasteiger partial charge in [0.25, 0.3) is 0 Å². The highest BCUT2D eigenvalue weighted by Crippen LogP contribution is 2.33. The fraction of sp³-hybridized carbons (Fsp3) is 0.750. The molecule has 1 saturated heterocycles. The van der Waals surface area contributed by atoms with Crippen molar-refractivity contribution in [3.63, 3.8) is 0 Å². The number of nitrogens with zero attached hydrogens (tertiary/aromatic N) is 3. The number of rotatable bonds is 3. The molecule has 1 unspecified atom stereocenters. The summed E-state index contributed by atoms with van der Waals surface area (Å²) in [6, 6.07) is 0. The Morgan fingerprint density at radius 3 is 2.81 bits per heavy atom. The predicted octanol–water partition coefficient (Wildman–Crippen LogP) is 3.02. The fourth-order valence-corrected chi connectivity index (χ4v) is 2.90. The molecule has 1 amide bonds. The number of aromatic nitrogens is 2. The summed E-state index contributed by atoms with van der Waals surface area (Å²) < 4.78 is 7.74. The van der Waals surface area contributed by atoms with E-state index in [0.717, 1.165) is 32.0 Å². The van der Waals surface area contributed by atoms with Crippen molar-refractivity contribution in [1.29, 1.82) is 0 Å². The van der Waals surface area contributed by atoms with Crippen molar-refractivity contribution < 1.29 is 9.53 Å². The van der Waals surface area contributed by atoms with E-state index in [4.69, 9.17) is 4.74 Å². The number of hydrogen-bond donors (Lipinski definition) is 0. The van der Waals surface area contributed by atoms with Gasteiger partial charge in [-0.25, -0.2) is 9.78 Å². The molecule has 0 N–H and O–H groups in total. The van der Waals surface area contributed by atoms with Crippen LogP contribution in [0.25, 0.3) is 0 Å². The van der Waals surface area contributed by atoms with E-state index in [1.54, 1.807) is 0 Å². The van der Waals surface area contributed by atoms with Crippen molar-refractivity contribution in [1.82, 2.24) is 14.5 Å². The zero-order valence-electron chi connectivity index (χ0n) is 13.2. The second-order valence-electron chi connectivity index (χ2n) is 7.33. The normalized spacial score (nSPS) is 22.6. The maximum Gasteiger partial charge on any atom is 0.410 e. The zero-order chi connectivity index (χ0) is 15.0. The summed E-state index contributed by atoms with van der Waals surface area (Å²) in [5.41, 5.74) is 0.844. The van der Waals surface area contributed by atoms with Crippen LogP contribution in [0.2, 0.25) is 0 Å². The molecule has 21 heavy (non-hydrogen) atoms. The van der Waals surface area contributed by atoms with Crippen molar-refractivity contribution >= 4 is 6.09 Å². The van der Waals surface area contributed by atoms with Gasteiger partial charge in [0.05, 0.1) is 6.33 Å². The number of carbonyl (C=O) groups is 1. The Labute approximate surface area is 126 Å². The molecule has 1 aliphatic carbocycles. The molecule has 2 aliphatic rings. The summed E-state index contributed by atoms with van der Waals surface area (Å²) in [5, 5.41) is 0.